The Morgan fingerprint density at radius 3 is 2.43 bits per heavy atom. The molecule has 0 aromatic heterocycles. The van der Waals surface area contributed by atoms with Crippen LogP contribution >= 0.6 is 0 Å². The number of sulfonamides is 1. The monoisotopic (exact) mass is 340 g/mol. The number of carbonyl (C=O) groups is 1. The number of rotatable bonds is 5. The zero-order valence-corrected chi connectivity index (χ0v) is 15.0. The summed E-state index contributed by atoms with van der Waals surface area (Å²) in [5.74, 6) is 0.638. The molecule has 1 fully saturated rings. The van der Waals surface area contributed by atoms with Crippen molar-refractivity contribution in [2.24, 2.45) is 0 Å². The summed E-state index contributed by atoms with van der Waals surface area (Å²) in [6.45, 7) is 7.79. The molecule has 0 aliphatic carbocycles. The lowest BCUT2D eigenvalue weighted by Crippen LogP contribution is -2.39. The molecule has 2 rings (SSSR count). The molecule has 0 saturated carbocycles. The van der Waals surface area contributed by atoms with Crippen LogP contribution in [0.4, 0.5) is 0 Å². The highest BCUT2D eigenvalue weighted by Gasteiger charge is 2.34. The Balaban J connectivity index is 2.24. The molecule has 0 radical (unpaired) electrons. The Hall–Kier alpha value is -1.60. The van der Waals surface area contributed by atoms with Crippen molar-refractivity contribution in [1.29, 1.82) is 0 Å². The number of nitrogens with zero attached hydrogens (tertiary/aromatic N) is 1. The van der Waals surface area contributed by atoms with Crippen molar-refractivity contribution < 1.29 is 17.9 Å². The number of likely N-dealkylation sites (tertiary alicyclic amines) is 1. The number of carbonyl (C=O) groups excluding carboxylic acids is 1. The van der Waals surface area contributed by atoms with Gasteiger partial charge in [0.25, 0.3) is 0 Å². The van der Waals surface area contributed by atoms with Gasteiger partial charge in [-0.05, 0) is 51.0 Å². The van der Waals surface area contributed by atoms with E-state index in [9.17, 15) is 13.2 Å². The Morgan fingerprint density at radius 1 is 1.26 bits per heavy atom. The minimum Gasteiger partial charge on any atom is -0.496 e. The number of amides is 1. The van der Waals surface area contributed by atoms with Gasteiger partial charge >= 0.3 is 0 Å². The van der Waals surface area contributed by atoms with Gasteiger partial charge in [0.15, 0.2) is 0 Å². The third kappa shape index (κ3) is 3.67. The van der Waals surface area contributed by atoms with Crippen molar-refractivity contribution in [3.63, 3.8) is 0 Å². The van der Waals surface area contributed by atoms with Crippen LogP contribution in [-0.2, 0) is 14.8 Å². The second-order valence-corrected chi connectivity index (χ2v) is 7.93. The molecule has 6 nitrogen and oxygen atoms in total. The van der Waals surface area contributed by atoms with Gasteiger partial charge in [0.05, 0.1) is 12.0 Å². The van der Waals surface area contributed by atoms with E-state index in [2.05, 4.69) is 4.72 Å². The predicted octanol–water partition coefficient (Wildman–Crippen LogP) is 1.60. The zero-order valence-electron chi connectivity index (χ0n) is 14.2. The molecule has 1 saturated heterocycles. The highest BCUT2D eigenvalue weighted by Crippen LogP contribution is 2.26. The van der Waals surface area contributed by atoms with Crippen molar-refractivity contribution in [2.45, 2.75) is 51.1 Å². The van der Waals surface area contributed by atoms with E-state index in [-0.39, 0.29) is 23.3 Å². The van der Waals surface area contributed by atoms with Gasteiger partial charge in [0.2, 0.25) is 15.9 Å². The number of benzene rings is 1. The first-order valence-corrected chi connectivity index (χ1v) is 9.11. The van der Waals surface area contributed by atoms with Crippen LogP contribution in [0.1, 0.15) is 31.4 Å². The summed E-state index contributed by atoms with van der Waals surface area (Å²) in [6.07, 6.45) is 0.200. The maximum atomic E-state index is 12.7. The van der Waals surface area contributed by atoms with E-state index in [1.807, 2.05) is 13.8 Å². The first-order chi connectivity index (χ1) is 10.7. The molecule has 1 aromatic carbocycles. The maximum absolute atomic E-state index is 12.7. The third-order valence-corrected chi connectivity index (χ3v) is 5.75. The van der Waals surface area contributed by atoms with E-state index in [4.69, 9.17) is 4.74 Å². The van der Waals surface area contributed by atoms with Gasteiger partial charge in [0, 0.05) is 25.0 Å². The number of hydrogen-bond acceptors (Lipinski definition) is 4. The molecule has 1 amide bonds. The van der Waals surface area contributed by atoms with Crippen molar-refractivity contribution in [1.82, 2.24) is 9.62 Å². The molecule has 0 bridgehead atoms. The van der Waals surface area contributed by atoms with Gasteiger partial charge in [0.1, 0.15) is 5.75 Å². The van der Waals surface area contributed by atoms with Crippen LogP contribution in [-0.4, -0.2) is 45.0 Å². The smallest absolute Gasteiger partial charge is 0.241 e. The molecule has 1 heterocycles. The molecule has 1 atom stereocenters. The molecule has 0 spiro atoms. The summed E-state index contributed by atoms with van der Waals surface area (Å²) in [6, 6.07) is 3.00. The average Bonchev–Trinajstić information content (AvgIpc) is 2.80. The first-order valence-electron chi connectivity index (χ1n) is 7.62. The number of methoxy groups -OCH3 is 1. The first kappa shape index (κ1) is 17.7. The lowest BCUT2D eigenvalue weighted by Gasteiger charge is -2.21. The van der Waals surface area contributed by atoms with Crippen molar-refractivity contribution in [3.05, 3.63) is 23.3 Å². The number of hydrogen-bond donors (Lipinski definition) is 1. The van der Waals surface area contributed by atoms with Crippen LogP contribution in [0.25, 0.3) is 0 Å². The van der Waals surface area contributed by atoms with E-state index in [1.54, 1.807) is 38.0 Å². The summed E-state index contributed by atoms with van der Waals surface area (Å²) in [5, 5.41) is 0. The number of aryl methyl sites for hydroxylation is 2. The van der Waals surface area contributed by atoms with Gasteiger partial charge in [-0.25, -0.2) is 13.1 Å². The summed E-state index contributed by atoms with van der Waals surface area (Å²) in [4.78, 5) is 13.8. The molecule has 1 aliphatic heterocycles. The summed E-state index contributed by atoms with van der Waals surface area (Å²) in [7, 11) is -2.12. The van der Waals surface area contributed by atoms with Gasteiger partial charge in [-0.1, -0.05) is 0 Å². The topological polar surface area (TPSA) is 75.7 Å². The van der Waals surface area contributed by atoms with E-state index in [1.165, 1.54) is 0 Å². The second kappa shape index (κ2) is 6.49. The van der Waals surface area contributed by atoms with E-state index >= 15 is 0 Å². The molecule has 128 valence electrons. The standard InChI is InChI=1S/C16H24N2O4S/c1-10(2)18-9-13(8-16(18)19)17-23(20,21)15-7-11(3)14(22-5)6-12(15)4/h6-7,10,13,17H,8-9H2,1-5H3. The number of ether oxygens (including phenoxy) is 1. The van der Waals surface area contributed by atoms with Crippen molar-refractivity contribution in [3.8, 4) is 5.75 Å². The van der Waals surface area contributed by atoms with Gasteiger partial charge < -0.3 is 9.64 Å². The fourth-order valence-corrected chi connectivity index (χ4v) is 4.40. The van der Waals surface area contributed by atoms with E-state index in [0.717, 1.165) is 5.56 Å². The zero-order chi connectivity index (χ0) is 17.4. The maximum Gasteiger partial charge on any atom is 0.241 e. The molecule has 23 heavy (non-hydrogen) atoms. The molecule has 1 aromatic rings. The number of nitrogens with one attached hydrogen (secondary N) is 1. The Morgan fingerprint density at radius 2 is 1.91 bits per heavy atom. The average molecular weight is 340 g/mol. The van der Waals surface area contributed by atoms with Crippen LogP contribution in [0, 0.1) is 13.8 Å². The SMILES string of the molecule is COc1cc(C)c(S(=O)(=O)NC2CC(=O)N(C(C)C)C2)cc1C. The minimum absolute atomic E-state index is 0.0182. The van der Waals surface area contributed by atoms with Crippen LogP contribution in [0.15, 0.2) is 17.0 Å². The summed E-state index contributed by atoms with van der Waals surface area (Å²) in [5.41, 5.74) is 1.37. The fourth-order valence-electron chi connectivity index (χ4n) is 2.87. The van der Waals surface area contributed by atoms with Gasteiger partial charge in [-0.3, -0.25) is 4.79 Å². The quantitative estimate of drug-likeness (QED) is 0.883. The van der Waals surface area contributed by atoms with Crippen molar-refractivity contribution >= 4 is 15.9 Å². The second-order valence-electron chi connectivity index (χ2n) is 6.25. The Bertz CT molecular complexity index is 713. The highest BCUT2D eigenvalue weighted by molar-refractivity contribution is 7.89. The third-order valence-electron chi connectivity index (χ3n) is 4.09. The Kier molecular flexibility index (Phi) is 5.01. The van der Waals surface area contributed by atoms with Crippen LogP contribution < -0.4 is 9.46 Å². The van der Waals surface area contributed by atoms with E-state index < -0.39 is 16.1 Å². The largest absolute Gasteiger partial charge is 0.496 e. The van der Waals surface area contributed by atoms with Crippen LogP contribution in [0.2, 0.25) is 0 Å². The Labute approximate surface area is 137 Å². The van der Waals surface area contributed by atoms with Crippen LogP contribution in [0.5, 0.6) is 5.75 Å². The summed E-state index contributed by atoms with van der Waals surface area (Å²) < 4.78 is 33.2. The van der Waals surface area contributed by atoms with Gasteiger partial charge in [-0.15, -0.1) is 0 Å². The molecule has 1 unspecified atom stereocenters. The predicted molar refractivity (Wildman–Crippen MR) is 88.0 cm³/mol. The lowest BCUT2D eigenvalue weighted by atomic mass is 10.1. The molecule has 7 heteroatoms. The minimum atomic E-state index is -3.68. The molecular formula is C16H24N2O4S. The lowest BCUT2D eigenvalue weighted by molar-refractivity contribution is -0.129. The molecular weight excluding hydrogens is 316 g/mol. The fraction of sp³-hybridized carbons (Fsp3) is 0.562. The van der Waals surface area contributed by atoms with E-state index in [0.29, 0.717) is 17.9 Å². The molecule has 1 N–H and O–H groups in total. The normalized spacial score (nSPS) is 18.8. The van der Waals surface area contributed by atoms with Crippen LogP contribution in [0.3, 0.4) is 0 Å². The molecule has 1 aliphatic rings. The summed E-state index contributed by atoms with van der Waals surface area (Å²) >= 11 is 0. The van der Waals surface area contributed by atoms with Gasteiger partial charge in [-0.2, -0.15) is 0 Å². The van der Waals surface area contributed by atoms with Crippen molar-refractivity contribution in [2.75, 3.05) is 13.7 Å². The highest BCUT2D eigenvalue weighted by atomic mass is 32.2.